The molecule has 2 spiro atoms. The van der Waals surface area contributed by atoms with Gasteiger partial charge >= 0.3 is 0 Å². The van der Waals surface area contributed by atoms with E-state index in [9.17, 15) is 0 Å². The van der Waals surface area contributed by atoms with Crippen LogP contribution in [0.2, 0.25) is 0 Å². The van der Waals surface area contributed by atoms with Crippen LogP contribution in [0.25, 0.3) is 134 Å². The van der Waals surface area contributed by atoms with E-state index < -0.39 is 10.8 Å². The molecule has 2 heteroatoms. The van der Waals surface area contributed by atoms with E-state index >= 15 is 0 Å². The zero-order valence-corrected chi connectivity index (χ0v) is 87.0. The average Bonchev–Trinajstić information content (AvgIpc) is 1.51. The predicted molar refractivity (Wildman–Crippen MR) is 623 cm³/mol. The first kappa shape index (κ1) is 93.4. The summed E-state index contributed by atoms with van der Waals surface area (Å²) in [6.07, 6.45) is 2.22. The standard InChI is InChI=1S/C74H65N.C71H61N/c1-71(2,3)47-70(72(4,5)6)57-26-13-12-25-56(57)52-36-41-63-60-29-16-19-32-66(60)74(69(63)45-52)65-31-18-15-28-59(65)62-40-35-51(44-68(62)74)50-23-20-24-54(43-50)75(53-37-33-49(34-38-53)48-21-10-9-11-22-48)55-39-42-61-58-27-14-17-30-64(58)73(7,8)67(61)46-55;1-69(2,3)47-68(70(4,5)6)59-27-14-13-26-58(59)54-37-43-63-61-29-16-18-31-65(61)71(67(63)46-54)64-30-17-15-28-60(64)62-42-36-53(45-66(62)71)52-24-19-25-57(44-52)72(55-38-32-50(33-39-55)48-20-9-7-10-21-48)56-40-34-51(35-41-56)49-22-11-8-12-23-49/h9-46,70H,47H2,1-8H3;7-46,68H,47H2,1-6H3. The first-order chi connectivity index (χ1) is 71.1. The molecule has 5 aliphatic rings. The van der Waals surface area contributed by atoms with Crippen molar-refractivity contribution in [3.05, 3.63) is 540 Å². The first-order valence-electron chi connectivity index (χ1n) is 52.8. The van der Waals surface area contributed by atoms with Gasteiger partial charge in [0.15, 0.2) is 0 Å². The highest BCUT2D eigenvalue weighted by Crippen LogP contribution is 2.67. The number of hydrogen-bond donors (Lipinski definition) is 0. The van der Waals surface area contributed by atoms with Gasteiger partial charge in [0.1, 0.15) is 0 Å². The van der Waals surface area contributed by atoms with Crippen LogP contribution in [-0.4, -0.2) is 0 Å². The molecular formula is C145H126N2. The Morgan fingerprint density at radius 2 is 0.395 bits per heavy atom. The van der Waals surface area contributed by atoms with Crippen LogP contribution in [-0.2, 0) is 16.2 Å². The molecule has 0 aliphatic heterocycles. The molecule has 147 heavy (non-hydrogen) atoms. The summed E-state index contributed by atoms with van der Waals surface area (Å²) in [7, 11) is 0. The Morgan fingerprint density at radius 3 is 0.728 bits per heavy atom. The number of rotatable bonds is 17. The lowest BCUT2D eigenvalue weighted by molar-refractivity contribution is 0.229. The molecule has 0 radical (unpaired) electrons. The molecule has 0 saturated carbocycles. The third-order valence-corrected chi connectivity index (χ3v) is 32.6. The molecule has 0 aromatic heterocycles. The lowest BCUT2D eigenvalue weighted by atomic mass is 9.67. The summed E-state index contributed by atoms with van der Waals surface area (Å²) in [5.41, 5.74) is 52.9. The van der Waals surface area contributed by atoms with E-state index in [1.807, 2.05) is 0 Å². The van der Waals surface area contributed by atoms with E-state index in [1.54, 1.807) is 0 Å². The van der Waals surface area contributed by atoms with Crippen molar-refractivity contribution in [3.63, 3.8) is 0 Å². The maximum Gasteiger partial charge on any atom is 0.0725 e. The number of benzene rings is 20. The van der Waals surface area contributed by atoms with Crippen molar-refractivity contribution < 1.29 is 0 Å². The SMILES string of the molecule is CC(C)(C)CC(c1ccccc1-c1ccc2c(c1)C1(c3ccccc3-c3ccc(-c4cccc(N(c5ccc(-c6ccccc6)cc5)c5ccc(-c6ccccc6)cc5)c4)cc31)c1ccccc1-2)C(C)(C)C.CC(C)(C)CC(c1ccccc1-c1ccc2c(c1)C1(c3ccccc3-c3ccc(-c4cccc(N(c5ccc(-c6ccccc6)cc5)c5ccc6c(c5)C(C)(C)c5ccccc5-6)c4)cc31)c1ccccc1-2)C(C)(C)C. The van der Waals surface area contributed by atoms with Crippen LogP contribution in [0.3, 0.4) is 0 Å². The minimum absolute atomic E-state index is 0.0866. The van der Waals surface area contributed by atoms with Gasteiger partial charge in [0, 0.05) is 39.5 Å². The molecule has 4 unspecified atom stereocenters. The summed E-state index contributed by atoms with van der Waals surface area (Å²) in [4.78, 5) is 4.85. The molecule has 0 saturated heterocycles. The fourth-order valence-electron chi connectivity index (χ4n) is 25.8. The van der Waals surface area contributed by atoms with E-state index in [0.717, 1.165) is 47.0 Å². The van der Waals surface area contributed by atoms with E-state index in [2.05, 4.69) is 580 Å². The second-order valence-corrected chi connectivity index (χ2v) is 46.7. The van der Waals surface area contributed by atoms with E-state index in [0.29, 0.717) is 11.8 Å². The highest BCUT2D eigenvalue weighted by Gasteiger charge is 2.54. The molecule has 0 bridgehead atoms. The van der Waals surface area contributed by atoms with Crippen molar-refractivity contribution in [1.29, 1.82) is 0 Å². The maximum absolute atomic E-state index is 2.57. The zero-order chi connectivity index (χ0) is 101. The minimum atomic E-state index is -0.507. The Kier molecular flexibility index (Phi) is 23.1. The minimum Gasteiger partial charge on any atom is -0.310 e. The average molecular weight is 1900 g/mol. The van der Waals surface area contributed by atoms with Crippen LogP contribution in [0.1, 0.15) is 188 Å². The van der Waals surface area contributed by atoms with E-state index in [-0.39, 0.29) is 27.1 Å². The van der Waals surface area contributed by atoms with Crippen molar-refractivity contribution in [2.24, 2.45) is 21.7 Å². The summed E-state index contributed by atoms with van der Waals surface area (Å²) < 4.78 is 0. The Bertz CT molecular complexity index is 8350. The second-order valence-electron chi connectivity index (χ2n) is 46.7. The van der Waals surface area contributed by atoms with E-state index in [1.165, 1.54) is 200 Å². The highest BCUT2D eigenvalue weighted by atomic mass is 15.1. The Balaban J connectivity index is 0.000000157. The van der Waals surface area contributed by atoms with Gasteiger partial charge in [-0.1, -0.05) is 473 Å². The third-order valence-electron chi connectivity index (χ3n) is 32.6. The van der Waals surface area contributed by atoms with Gasteiger partial charge in [-0.25, -0.2) is 0 Å². The molecule has 0 amide bonds. The van der Waals surface area contributed by atoms with Gasteiger partial charge in [0.25, 0.3) is 0 Å². The molecule has 5 aliphatic carbocycles. The lowest BCUT2D eigenvalue weighted by Crippen LogP contribution is -2.26. The molecule has 716 valence electrons. The number of hydrogen-bond acceptors (Lipinski definition) is 2. The molecule has 4 atom stereocenters. The van der Waals surface area contributed by atoms with Crippen molar-refractivity contribution in [1.82, 2.24) is 0 Å². The van der Waals surface area contributed by atoms with Crippen LogP contribution < -0.4 is 9.80 Å². The second kappa shape index (κ2) is 36.3. The molecule has 0 heterocycles. The lowest BCUT2D eigenvalue weighted by Gasteiger charge is -2.37. The van der Waals surface area contributed by atoms with Crippen molar-refractivity contribution in [2.75, 3.05) is 9.80 Å². The maximum atomic E-state index is 2.57. The van der Waals surface area contributed by atoms with Gasteiger partial charge in [0.05, 0.1) is 10.8 Å². The Labute approximate surface area is 870 Å². The summed E-state index contributed by atoms with van der Waals surface area (Å²) in [5, 5.41) is 0. The van der Waals surface area contributed by atoms with Crippen molar-refractivity contribution in [2.45, 2.75) is 138 Å². The molecular weight excluding hydrogens is 1770 g/mol. The predicted octanol–water partition coefficient (Wildman–Crippen LogP) is 40.1. The van der Waals surface area contributed by atoms with Crippen molar-refractivity contribution in [3.8, 4) is 134 Å². The smallest absolute Gasteiger partial charge is 0.0725 e. The summed E-state index contributed by atoms with van der Waals surface area (Å²) in [6.45, 7) is 33.6. The van der Waals surface area contributed by atoms with Crippen LogP contribution in [0.5, 0.6) is 0 Å². The summed E-state index contributed by atoms with van der Waals surface area (Å²) in [5.74, 6) is 0.771. The summed E-state index contributed by atoms with van der Waals surface area (Å²) >= 11 is 0. The molecule has 0 N–H and O–H groups in total. The van der Waals surface area contributed by atoms with Crippen LogP contribution >= 0.6 is 0 Å². The first-order valence-corrected chi connectivity index (χ1v) is 52.8. The number of fused-ring (bicyclic) bond motifs is 23. The monoisotopic (exact) mass is 1890 g/mol. The molecule has 20 aromatic rings. The van der Waals surface area contributed by atoms with Gasteiger partial charge in [-0.15, -0.1) is 0 Å². The third kappa shape index (κ3) is 16.3. The van der Waals surface area contributed by atoms with Crippen LogP contribution in [0.4, 0.5) is 34.1 Å². The van der Waals surface area contributed by atoms with Crippen LogP contribution in [0.15, 0.2) is 473 Å². The number of nitrogens with zero attached hydrogens (tertiary/aromatic N) is 2. The molecule has 20 aromatic carbocycles. The Hall–Kier alpha value is -16.0. The number of anilines is 6. The van der Waals surface area contributed by atoms with Gasteiger partial charge in [0.2, 0.25) is 0 Å². The van der Waals surface area contributed by atoms with Crippen molar-refractivity contribution >= 4 is 34.1 Å². The fraction of sp³-hybridized carbons (Fsp3) is 0.172. The molecule has 2 nitrogen and oxygen atoms in total. The molecule has 0 fully saturated rings. The quantitative estimate of drug-likeness (QED) is 0.0896. The van der Waals surface area contributed by atoms with Gasteiger partial charge in [-0.3, -0.25) is 0 Å². The van der Waals surface area contributed by atoms with Gasteiger partial charge in [-0.05, 0) is 344 Å². The molecule has 25 rings (SSSR count). The largest absolute Gasteiger partial charge is 0.310 e. The summed E-state index contributed by atoms with van der Waals surface area (Å²) in [6, 6.07) is 178. The van der Waals surface area contributed by atoms with Gasteiger partial charge in [-0.2, -0.15) is 0 Å². The normalized spacial score (nSPS) is 15.4. The zero-order valence-electron chi connectivity index (χ0n) is 87.0. The highest BCUT2D eigenvalue weighted by molar-refractivity contribution is 6.01. The van der Waals surface area contributed by atoms with Gasteiger partial charge < -0.3 is 9.80 Å². The fourth-order valence-corrected chi connectivity index (χ4v) is 25.8. The topological polar surface area (TPSA) is 6.48 Å². The Morgan fingerprint density at radius 1 is 0.170 bits per heavy atom. The van der Waals surface area contributed by atoms with Crippen LogP contribution in [0, 0.1) is 21.7 Å². The van der Waals surface area contributed by atoms with E-state index in [4.69, 9.17) is 0 Å².